The van der Waals surface area contributed by atoms with Gasteiger partial charge in [0.05, 0.1) is 14.2 Å². The third-order valence-electron chi connectivity index (χ3n) is 2.77. The number of carbonyl (C=O) groups is 1. The van der Waals surface area contributed by atoms with Gasteiger partial charge in [-0.05, 0) is 18.9 Å². The van der Waals surface area contributed by atoms with Crippen molar-refractivity contribution in [2.75, 3.05) is 14.2 Å². The van der Waals surface area contributed by atoms with Crippen LogP contribution >= 0.6 is 0 Å². The number of benzene rings is 1. The summed E-state index contributed by atoms with van der Waals surface area (Å²) in [7, 11) is 3.21. The molecule has 0 saturated carbocycles. The first-order valence-electron chi connectivity index (χ1n) is 5.04. The van der Waals surface area contributed by atoms with Gasteiger partial charge in [-0.1, -0.05) is 0 Å². The Bertz CT molecular complexity index is 396. The minimum absolute atomic E-state index is 0.188. The second-order valence-corrected chi connectivity index (χ2v) is 3.63. The summed E-state index contributed by atoms with van der Waals surface area (Å²) >= 11 is 0. The zero-order chi connectivity index (χ0) is 10.8. The molecule has 0 amide bonds. The van der Waals surface area contributed by atoms with Crippen molar-refractivity contribution in [3.63, 3.8) is 0 Å². The number of hydrogen-bond donors (Lipinski definition) is 0. The van der Waals surface area contributed by atoms with Crippen molar-refractivity contribution in [2.24, 2.45) is 0 Å². The fourth-order valence-corrected chi connectivity index (χ4v) is 1.99. The number of rotatable bonds is 2. The Hall–Kier alpha value is -1.51. The lowest BCUT2D eigenvalue weighted by Gasteiger charge is -2.18. The number of ether oxygens (including phenoxy) is 2. The highest BCUT2D eigenvalue weighted by molar-refractivity contribution is 5.99. The number of Topliss-reactive ketones (excluding diaryl/α,β-unsaturated/α-hetero) is 1. The van der Waals surface area contributed by atoms with Crippen molar-refractivity contribution >= 4 is 5.78 Å². The molecule has 0 radical (unpaired) electrons. The monoisotopic (exact) mass is 206 g/mol. The SMILES string of the molecule is COc1cc(OC)c2c(c1)C(=O)CCC2. The Morgan fingerprint density at radius 1 is 1.13 bits per heavy atom. The molecule has 1 aromatic rings. The smallest absolute Gasteiger partial charge is 0.163 e. The Morgan fingerprint density at radius 2 is 1.93 bits per heavy atom. The average molecular weight is 206 g/mol. The maximum Gasteiger partial charge on any atom is 0.163 e. The van der Waals surface area contributed by atoms with Crippen molar-refractivity contribution in [3.05, 3.63) is 23.3 Å². The van der Waals surface area contributed by atoms with E-state index in [9.17, 15) is 4.79 Å². The van der Waals surface area contributed by atoms with E-state index in [4.69, 9.17) is 9.47 Å². The molecule has 1 aliphatic rings. The molecule has 0 bridgehead atoms. The largest absolute Gasteiger partial charge is 0.497 e. The first kappa shape index (κ1) is 10.0. The molecule has 80 valence electrons. The summed E-state index contributed by atoms with van der Waals surface area (Å²) in [4.78, 5) is 11.7. The molecule has 0 atom stereocenters. The molecule has 0 fully saturated rings. The van der Waals surface area contributed by atoms with Crippen LogP contribution in [0.3, 0.4) is 0 Å². The van der Waals surface area contributed by atoms with E-state index in [1.165, 1.54) is 0 Å². The summed E-state index contributed by atoms with van der Waals surface area (Å²) in [6, 6.07) is 3.64. The fourth-order valence-electron chi connectivity index (χ4n) is 1.99. The first-order valence-corrected chi connectivity index (χ1v) is 5.04. The topological polar surface area (TPSA) is 35.5 Å². The van der Waals surface area contributed by atoms with Crippen LogP contribution in [-0.2, 0) is 6.42 Å². The third-order valence-corrected chi connectivity index (χ3v) is 2.77. The summed E-state index contributed by atoms with van der Waals surface area (Å²) in [5.74, 6) is 1.63. The molecule has 1 aromatic carbocycles. The quantitative estimate of drug-likeness (QED) is 0.744. The summed E-state index contributed by atoms with van der Waals surface area (Å²) in [5.41, 5.74) is 1.78. The van der Waals surface area contributed by atoms with E-state index < -0.39 is 0 Å². The maximum absolute atomic E-state index is 11.7. The van der Waals surface area contributed by atoms with Crippen molar-refractivity contribution < 1.29 is 14.3 Å². The van der Waals surface area contributed by atoms with Crippen LogP contribution in [-0.4, -0.2) is 20.0 Å². The lowest BCUT2D eigenvalue weighted by molar-refractivity contribution is 0.0971. The molecule has 3 heteroatoms. The van der Waals surface area contributed by atoms with Gasteiger partial charge in [-0.15, -0.1) is 0 Å². The van der Waals surface area contributed by atoms with E-state index in [1.54, 1.807) is 20.3 Å². The first-order chi connectivity index (χ1) is 7.26. The Labute approximate surface area is 89.0 Å². The molecule has 0 heterocycles. The third kappa shape index (κ3) is 1.69. The highest BCUT2D eigenvalue weighted by Crippen LogP contribution is 2.33. The van der Waals surface area contributed by atoms with Crippen LogP contribution in [0.5, 0.6) is 11.5 Å². The van der Waals surface area contributed by atoms with Gasteiger partial charge in [-0.2, -0.15) is 0 Å². The molecule has 2 rings (SSSR count). The highest BCUT2D eigenvalue weighted by atomic mass is 16.5. The van der Waals surface area contributed by atoms with Gasteiger partial charge in [0.15, 0.2) is 5.78 Å². The molecule has 0 saturated heterocycles. The number of fused-ring (bicyclic) bond motifs is 1. The molecule has 15 heavy (non-hydrogen) atoms. The van der Waals surface area contributed by atoms with E-state index in [2.05, 4.69) is 0 Å². The average Bonchev–Trinajstić information content (AvgIpc) is 2.28. The molecule has 0 aliphatic heterocycles. The van der Waals surface area contributed by atoms with E-state index in [0.29, 0.717) is 12.2 Å². The van der Waals surface area contributed by atoms with Crippen molar-refractivity contribution in [3.8, 4) is 11.5 Å². The minimum atomic E-state index is 0.188. The number of hydrogen-bond acceptors (Lipinski definition) is 3. The van der Waals surface area contributed by atoms with Crippen molar-refractivity contribution in [1.29, 1.82) is 0 Å². The predicted octanol–water partition coefficient (Wildman–Crippen LogP) is 2.22. The number of methoxy groups -OCH3 is 2. The molecule has 0 N–H and O–H groups in total. The molecule has 0 aromatic heterocycles. The lowest BCUT2D eigenvalue weighted by atomic mass is 9.90. The fraction of sp³-hybridized carbons (Fsp3) is 0.417. The van der Waals surface area contributed by atoms with Gasteiger partial charge in [0.1, 0.15) is 11.5 Å². The van der Waals surface area contributed by atoms with Gasteiger partial charge in [0, 0.05) is 23.6 Å². The molecule has 3 nitrogen and oxygen atoms in total. The second-order valence-electron chi connectivity index (χ2n) is 3.63. The molecule has 0 spiro atoms. The van der Waals surface area contributed by atoms with Gasteiger partial charge < -0.3 is 9.47 Å². The van der Waals surface area contributed by atoms with E-state index in [1.807, 2.05) is 6.07 Å². The molecule has 1 aliphatic carbocycles. The lowest BCUT2D eigenvalue weighted by Crippen LogP contribution is -2.12. The van der Waals surface area contributed by atoms with E-state index >= 15 is 0 Å². The number of carbonyl (C=O) groups excluding carboxylic acids is 1. The number of ketones is 1. The normalized spacial score (nSPS) is 14.7. The van der Waals surface area contributed by atoms with Gasteiger partial charge in [0.2, 0.25) is 0 Å². The Balaban J connectivity index is 2.57. The minimum Gasteiger partial charge on any atom is -0.497 e. The van der Waals surface area contributed by atoms with Crippen molar-refractivity contribution in [2.45, 2.75) is 19.3 Å². The summed E-state index contributed by atoms with van der Waals surface area (Å²) in [5, 5.41) is 0. The van der Waals surface area contributed by atoms with E-state index in [0.717, 1.165) is 29.7 Å². The van der Waals surface area contributed by atoms with E-state index in [-0.39, 0.29) is 5.78 Å². The van der Waals surface area contributed by atoms with Crippen LogP contribution in [0.4, 0.5) is 0 Å². The second kappa shape index (κ2) is 3.93. The molecular formula is C12H14O3. The molecular weight excluding hydrogens is 192 g/mol. The Kier molecular flexibility index (Phi) is 2.62. The Morgan fingerprint density at radius 3 is 2.60 bits per heavy atom. The van der Waals surface area contributed by atoms with Gasteiger partial charge in [0.25, 0.3) is 0 Å². The zero-order valence-corrected chi connectivity index (χ0v) is 9.00. The standard InChI is InChI=1S/C12H14O3/c1-14-8-6-10-9(12(7-8)15-2)4-3-5-11(10)13/h6-7H,3-5H2,1-2H3. The maximum atomic E-state index is 11.7. The van der Waals surface area contributed by atoms with Gasteiger partial charge >= 0.3 is 0 Å². The summed E-state index contributed by atoms with van der Waals surface area (Å²) < 4.78 is 10.4. The van der Waals surface area contributed by atoms with Crippen LogP contribution in [0.1, 0.15) is 28.8 Å². The van der Waals surface area contributed by atoms with Crippen LogP contribution in [0.2, 0.25) is 0 Å². The summed E-state index contributed by atoms with van der Waals surface area (Å²) in [6.45, 7) is 0. The van der Waals surface area contributed by atoms with Crippen LogP contribution in [0.25, 0.3) is 0 Å². The van der Waals surface area contributed by atoms with Crippen LogP contribution in [0.15, 0.2) is 12.1 Å². The van der Waals surface area contributed by atoms with Crippen molar-refractivity contribution in [1.82, 2.24) is 0 Å². The zero-order valence-electron chi connectivity index (χ0n) is 9.00. The van der Waals surface area contributed by atoms with Gasteiger partial charge in [-0.3, -0.25) is 4.79 Å². The van der Waals surface area contributed by atoms with Gasteiger partial charge in [-0.25, -0.2) is 0 Å². The van der Waals surface area contributed by atoms with Crippen LogP contribution in [0, 0.1) is 0 Å². The predicted molar refractivity (Wildman–Crippen MR) is 56.8 cm³/mol. The van der Waals surface area contributed by atoms with Crippen LogP contribution < -0.4 is 9.47 Å². The molecule has 0 unspecified atom stereocenters. The highest BCUT2D eigenvalue weighted by Gasteiger charge is 2.21. The summed E-state index contributed by atoms with van der Waals surface area (Å²) in [6.07, 6.45) is 2.45.